The molecule has 0 saturated heterocycles. The average Bonchev–Trinajstić information content (AvgIpc) is 2.94. The van der Waals surface area contributed by atoms with Gasteiger partial charge in [0.05, 0.1) is 12.2 Å². The van der Waals surface area contributed by atoms with E-state index in [2.05, 4.69) is 10.6 Å². The number of aromatic nitrogens is 1. The summed E-state index contributed by atoms with van der Waals surface area (Å²) >= 11 is 0. The Morgan fingerprint density at radius 1 is 1.04 bits per heavy atom. The zero-order valence-corrected chi connectivity index (χ0v) is 16.3. The number of aliphatic hydroxyl groups excluding tert-OH is 1. The van der Waals surface area contributed by atoms with Gasteiger partial charge in [0.15, 0.2) is 0 Å². The molecule has 0 unspecified atom stereocenters. The van der Waals surface area contributed by atoms with Crippen molar-refractivity contribution in [1.82, 2.24) is 4.57 Å². The minimum absolute atomic E-state index is 0.127. The van der Waals surface area contributed by atoms with Crippen LogP contribution in [-0.4, -0.2) is 22.9 Å². The second-order valence-electron chi connectivity index (χ2n) is 6.81. The lowest BCUT2D eigenvalue weighted by Crippen LogP contribution is -2.04. The van der Waals surface area contributed by atoms with Crippen molar-refractivity contribution in [1.29, 1.82) is 5.26 Å². The standard InChI is InChI=1S/C23H25N3O2/c1-16-22(14-24)23(19-6-8-20(25)9-7-19)17(2)26(16)15-18-4-10-21(11-5-18)28-13-3-12-27/h4-11,27H,3,12-13,15,25H2,1-2H3. The first-order chi connectivity index (χ1) is 13.5. The molecule has 0 atom stereocenters. The fourth-order valence-electron chi connectivity index (χ4n) is 3.39. The predicted molar refractivity (Wildman–Crippen MR) is 111 cm³/mol. The molecule has 5 heteroatoms. The van der Waals surface area contributed by atoms with E-state index in [-0.39, 0.29) is 6.61 Å². The molecular formula is C23H25N3O2. The Balaban J connectivity index is 1.89. The summed E-state index contributed by atoms with van der Waals surface area (Å²) in [5.41, 5.74) is 12.3. The number of aliphatic hydroxyl groups is 1. The van der Waals surface area contributed by atoms with Gasteiger partial charge >= 0.3 is 0 Å². The lowest BCUT2D eigenvalue weighted by atomic mass is 10.0. The monoisotopic (exact) mass is 375 g/mol. The number of nitrogens with zero attached hydrogens (tertiary/aromatic N) is 2. The minimum atomic E-state index is 0.127. The molecule has 0 bridgehead atoms. The molecule has 0 amide bonds. The summed E-state index contributed by atoms with van der Waals surface area (Å²) < 4.78 is 7.76. The number of hydrogen-bond donors (Lipinski definition) is 2. The van der Waals surface area contributed by atoms with Gasteiger partial charge in [-0.25, -0.2) is 0 Å². The van der Waals surface area contributed by atoms with Crippen LogP contribution in [0.1, 0.15) is 28.9 Å². The summed E-state index contributed by atoms with van der Waals surface area (Å²) in [4.78, 5) is 0. The van der Waals surface area contributed by atoms with Crippen LogP contribution in [0.5, 0.6) is 5.75 Å². The largest absolute Gasteiger partial charge is 0.494 e. The maximum Gasteiger partial charge on any atom is 0.119 e. The van der Waals surface area contributed by atoms with E-state index in [9.17, 15) is 5.26 Å². The highest BCUT2D eigenvalue weighted by molar-refractivity contribution is 5.76. The molecule has 0 aliphatic carbocycles. The molecule has 3 aromatic rings. The summed E-state index contributed by atoms with van der Waals surface area (Å²) in [6.07, 6.45) is 0.619. The van der Waals surface area contributed by atoms with Gasteiger partial charge in [0.1, 0.15) is 11.8 Å². The van der Waals surface area contributed by atoms with E-state index in [0.29, 0.717) is 30.8 Å². The topological polar surface area (TPSA) is 84.2 Å². The van der Waals surface area contributed by atoms with Crippen LogP contribution in [0.4, 0.5) is 5.69 Å². The molecule has 0 spiro atoms. The molecule has 0 aliphatic heterocycles. The van der Waals surface area contributed by atoms with Crippen LogP contribution < -0.4 is 10.5 Å². The number of hydrogen-bond acceptors (Lipinski definition) is 4. The van der Waals surface area contributed by atoms with Gasteiger partial charge < -0.3 is 20.1 Å². The van der Waals surface area contributed by atoms with Crippen LogP contribution in [0.15, 0.2) is 48.5 Å². The van der Waals surface area contributed by atoms with Crippen molar-refractivity contribution in [3.8, 4) is 22.9 Å². The fraction of sp³-hybridized carbons (Fsp3) is 0.261. The summed E-state index contributed by atoms with van der Waals surface area (Å²) in [6.45, 7) is 5.34. The Bertz CT molecular complexity index is 981. The zero-order chi connectivity index (χ0) is 20.1. The van der Waals surface area contributed by atoms with E-state index in [1.54, 1.807) is 0 Å². The van der Waals surface area contributed by atoms with Crippen LogP contribution in [0.25, 0.3) is 11.1 Å². The van der Waals surface area contributed by atoms with Gasteiger partial charge in [-0.1, -0.05) is 24.3 Å². The van der Waals surface area contributed by atoms with E-state index in [4.69, 9.17) is 15.6 Å². The van der Waals surface area contributed by atoms with Crippen molar-refractivity contribution < 1.29 is 9.84 Å². The first-order valence-electron chi connectivity index (χ1n) is 9.33. The quantitative estimate of drug-likeness (QED) is 0.482. The first-order valence-corrected chi connectivity index (χ1v) is 9.33. The number of benzene rings is 2. The van der Waals surface area contributed by atoms with E-state index < -0.39 is 0 Å². The molecule has 1 heterocycles. The Morgan fingerprint density at radius 3 is 2.32 bits per heavy atom. The number of ether oxygens (including phenoxy) is 1. The average molecular weight is 375 g/mol. The third-order valence-corrected chi connectivity index (χ3v) is 4.93. The maximum absolute atomic E-state index is 9.74. The van der Waals surface area contributed by atoms with Gasteiger partial charge in [-0.3, -0.25) is 0 Å². The number of anilines is 1. The molecule has 0 aliphatic rings. The Kier molecular flexibility index (Phi) is 6.03. The van der Waals surface area contributed by atoms with Crippen LogP contribution in [0.2, 0.25) is 0 Å². The third kappa shape index (κ3) is 4.03. The normalized spacial score (nSPS) is 10.6. The Hall–Kier alpha value is -3.23. The summed E-state index contributed by atoms with van der Waals surface area (Å²) in [5, 5.41) is 18.6. The smallest absolute Gasteiger partial charge is 0.119 e. The molecular weight excluding hydrogens is 350 g/mol. The number of rotatable bonds is 7. The van der Waals surface area contributed by atoms with Gasteiger partial charge in [-0.15, -0.1) is 0 Å². The highest BCUT2D eigenvalue weighted by Crippen LogP contribution is 2.33. The highest BCUT2D eigenvalue weighted by atomic mass is 16.5. The molecule has 2 aromatic carbocycles. The summed E-state index contributed by atoms with van der Waals surface area (Å²) in [7, 11) is 0. The molecule has 3 rings (SSSR count). The molecule has 0 saturated carbocycles. The molecule has 5 nitrogen and oxygen atoms in total. The van der Waals surface area contributed by atoms with Crippen LogP contribution >= 0.6 is 0 Å². The number of nitriles is 1. The maximum atomic E-state index is 9.74. The highest BCUT2D eigenvalue weighted by Gasteiger charge is 2.19. The molecule has 3 N–H and O–H groups in total. The SMILES string of the molecule is Cc1c(C#N)c(-c2ccc(N)cc2)c(C)n1Cc1ccc(OCCCO)cc1. The van der Waals surface area contributed by atoms with Crippen molar-refractivity contribution in [2.75, 3.05) is 18.9 Å². The van der Waals surface area contributed by atoms with Crippen LogP contribution in [-0.2, 0) is 6.54 Å². The first kappa shape index (κ1) is 19.5. The number of nitrogens with two attached hydrogens (primary N) is 1. The predicted octanol–water partition coefficient (Wildman–Crippen LogP) is 4.04. The lowest BCUT2D eigenvalue weighted by Gasteiger charge is -2.11. The molecule has 0 fully saturated rings. The second kappa shape index (κ2) is 8.64. The van der Waals surface area contributed by atoms with Gasteiger partial charge in [0, 0.05) is 42.2 Å². The second-order valence-corrected chi connectivity index (χ2v) is 6.81. The van der Waals surface area contributed by atoms with Gasteiger partial charge in [0.25, 0.3) is 0 Å². The minimum Gasteiger partial charge on any atom is -0.494 e. The van der Waals surface area contributed by atoms with Gasteiger partial charge in [-0.05, 0) is 49.2 Å². The van der Waals surface area contributed by atoms with Gasteiger partial charge in [0.2, 0.25) is 0 Å². The Labute approximate surface area is 165 Å². The van der Waals surface area contributed by atoms with Crippen molar-refractivity contribution in [3.05, 3.63) is 71.0 Å². The van der Waals surface area contributed by atoms with E-state index in [1.807, 2.05) is 62.4 Å². The zero-order valence-electron chi connectivity index (χ0n) is 16.3. The van der Waals surface area contributed by atoms with Crippen LogP contribution in [0, 0.1) is 25.2 Å². The van der Waals surface area contributed by atoms with E-state index in [0.717, 1.165) is 33.8 Å². The van der Waals surface area contributed by atoms with Crippen molar-refractivity contribution >= 4 is 5.69 Å². The summed E-state index contributed by atoms with van der Waals surface area (Å²) in [6, 6.07) is 17.9. The van der Waals surface area contributed by atoms with Gasteiger partial charge in [-0.2, -0.15) is 5.26 Å². The van der Waals surface area contributed by atoms with Crippen molar-refractivity contribution in [2.45, 2.75) is 26.8 Å². The Morgan fingerprint density at radius 2 is 1.71 bits per heavy atom. The number of nitrogen functional groups attached to an aromatic ring is 1. The lowest BCUT2D eigenvalue weighted by molar-refractivity contribution is 0.233. The molecule has 0 radical (unpaired) electrons. The molecule has 144 valence electrons. The fourth-order valence-corrected chi connectivity index (χ4v) is 3.39. The van der Waals surface area contributed by atoms with E-state index >= 15 is 0 Å². The third-order valence-electron chi connectivity index (χ3n) is 4.93. The molecule has 1 aromatic heterocycles. The van der Waals surface area contributed by atoms with Crippen LogP contribution in [0.3, 0.4) is 0 Å². The molecule has 28 heavy (non-hydrogen) atoms. The van der Waals surface area contributed by atoms with Crippen molar-refractivity contribution in [3.63, 3.8) is 0 Å². The van der Waals surface area contributed by atoms with Crippen molar-refractivity contribution in [2.24, 2.45) is 0 Å². The summed E-state index contributed by atoms with van der Waals surface area (Å²) in [5.74, 6) is 0.790. The van der Waals surface area contributed by atoms with E-state index in [1.165, 1.54) is 0 Å².